The summed E-state index contributed by atoms with van der Waals surface area (Å²) in [4.78, 5) is 19.3. The molecule has 0 spiro atoms. The molecule has 1 aliphatic rings. The summed E-state index contributed by atoms with van der Waals surface area (Å²) >= 11 is 0. The second kappa shape index (κ2) is 5.53. The smallest absolute Gasteiger partial charge is 0.274 e. The molecule has 1 atom stereocenters. The van der Waals surface area contributed by atoms with E-state index >= 15 is 0 Å². The summed E-state index contributed by atoms with van der Waals surface area (Å²) in [7, 11) is 0. The molecule has 1 saturated heterocycles. The highest BCUT2D eigenvalue weighted by Gasteiger charge is 2.31. The molecule has 0 aromatic carbocycles. The number of amides is 1. The van der Waals surface area contributed by atoms with E-state index in [1.165, 1.54) is 0 Å². The van der Waals surface area contributed by atoms with E-state index in [0.717, 1.165) is 37.3 Å². The summed E-state index contributed by atoms with van der Waals surface area (Å²) in [6.45, 7) is 3.54. The van der Waals surface area contributed by atoms with Crippen molar-refractivity contribution in [3.8, 4) is 0 Å². The van der Waals surface area contributed by atoms with Crippen LogP contribution in [0.3, 0.4) is 0 Å². The highest BCUT2D eigenvalue weighted by atomic mass is 16.2. The van der Waals surface area contributed by atoms with Gasteiger partial charge in [-0.3, -0.25) is 9.48 Å². The fourth-order valence-corrected chi connectivity index (χ4v) is 3.32. The zero-order valence-corrected chi connectivity index (χ0v) is 13.1. The molecule has 4 rings (SSSR count). The van der Waals surface area contributed by atoms with Crippen molar-refractivity contribution in [2.75, 3.05) is 6.54 Å². The monoisotopic (exact) mass is 309 g/mol. The molecule has 0 N–H and O–H groups in total. The standard InChI is InChI=1S/C17H19N5O/c1-13-5-2-7-16-19-15(12-22(13)16)17(23)21-10-3-6-14(21)11-20-9-4-8-18-20/h2,4-5,7-9,12,14H,3,6,10-11H2,1H3/t14-/m1/s1. The molecule has 3 aromatic heterocycles. The van der Waals surface area contributed by atoms with Crippen LogP contribution in [0, 0.1) is 6.92 Å². The van der Waals surface area contributed by atoms with Crippen LogP contribution in [0.25, 0.3) is 5.65 Å². The average molecular weight is 309 g/mol. The lowest BCUT2D eigenvalue weighted by atomic mass is 10.2. The quantitative estimate of drug-likeness (QED) is 0.745. The molecule has 6 heteroatoms. The Morgan fingerprint density at radius 3 is 3.04 bits per heavy atom. The molecule has 1 aliphatic heterocycles. The highest BCUT2D eigenvalue weighted by Crippen LogP contribution is 2.21. The van der Waals surface area contributed by atoms with E-state index in [0.29, 0.717) is 5.69 Å². The Morgan fingerprint density at radius 1 is 1.35 bits per heavy atom. The minimum Gasteiger partial charge on any atom is -0.332 e. The number of carbonyl (C=O) groups excluding carboxylic acids is 1. The Bertz CT molecular complexity index is 836. The van der Waals surface area contributed by atoms with E-state index in [1.807, 2.05) is 57.6 Å². The summed E-state index contributed by atoms with van der Waals surface area (Å²) < 4.78 is 3.86. The van der Waals surface area contributed by atoms with Gasteiger partial charge >= 0.3 is 0 Å². The Hall–Kier alpha value is -2.63. The van der Waals surface area contributed by atoms with Crippen molar-refractivity contribution in [3.63, 3.8) is 0 Å². The number of pyridine rings is 1. The van der Waals surface area contributed by atoms with E-state index in [1.54, 1.807) is 6.20 Å². The summed E-state index contributed by atoms with van der Waals surface area (Å²) in [5, 5.41) is 4.25. The number of aryl methyl sites for hydroxylation is 1. The summed E-state index contributed by atoms with van der Waals surface area (Å²) in [5.41, 5.74) is 2.41. The van der Waals surface area contributed by atoms with Gasteiger partial charge in [0.1, 0.15) is 11.3 Å². The number of carbonyl (C=O) groups is 1. The molecular weight excluding hydrogens is 290 g/mol. The molecule has 0 unspecified atom stereocenters. The summed E-state index contributed by atoms with van der Waals surface area (Å²) in [6.07, 6.45) is 7.60. The second-order valence-electron chi connectivity index (χ2n) is 6.04. The molecule has 4 heterocycles. The molecule has 3 aromatic rings. The van der Waals surface area contributed by atoms with Crippen LogP contribution in [0.5, 0.6) is 0 Å². The first-order valence-corrected chi connectivity index (χ1v) is 7.95. The number of likely N-dealkylation sites (tertiary alicyclic amines) is 1. The first-order valence-electron chi connectivity index (χ1n) is 7.95. The first kappa shape index (κ1) is 14.0. The molecule has 0 radical (unpaired) electrons. The van der Waals surface area contributed by atoms with Crippen LogP contribution in [0.2, 0.25) is 0 Å². The maximum absolute atomic E-state index is 12.9. The molecule has 1 amide bonds. The van der Waals surface area contributed by atoms with Crippen molar-refractivity contribution < 1.29 is 4.79 Å². The maximum Gasteiger partial charge on any atom is 0.274 e. The number of hydrogen-bond donors (Lipinski definition) is 0. The van der Waals surface area contributed by atoms with Crippen LogP contribution >= 0.6 is 0 Å². The molecule has 1 fully saturated rings. The van der Waals surface area contributed by atoms with Crippen molar-refractivity contribution in [1.82, 2.24) is 24.1 Å². The number of fused-ring (bicyclic) bond motifs is 1. The topological polar surface area (TPSA) is 55.4 Å². The van der Waals surface area contributed by atoms with Gasteiger partial charge in [0, 0.05) is 30.8 Å². The molecule has 23 heavy (non-hydrogen) atoms. The largest absolute Gasteiger partial charge is 0.332 e. The zero-order chi connectivity index (χ0) is 15.8. The second-order valence-corrected chi connectivity index (χ2v) is 6.04. The van der Waals surface area contributed by atoms with E-state index in [2.05, 4.69) is 10.1 Å². The summed E-state index contributed by atoms with van der Waals surface area (Å²) in [6, 6.07) is 8.00. The van der Waals surface area contributed by atoms with E-state index in [4.69, 9.17) is 0 Å². The maximum atomic E-state index is 12.9. The van der Waals surface area contributed by atoms with Gasteiger partial charge in [-0.05, 0) is 38.0 Å². The van der Waals surface area contributed by atoms with E-state index < -0.39 is 0 Å². The predicted molar refractivity (Wildman–Crippen MR) is 86.2 cm³/mol. The number of nitrogens with zero attached hydrogens (tertiary/aromatic N) is 5. The highest BCUT2D eigenvalue weighted by molar-refractivity contribution is 5.93. The lowest BCUT2D eigenvalue weighted by Gasteiger charge is -2.23. The molecular formula is C17H19N5O. The van der Waals surface area contributed by atoms with Gasteiger partial charge in [-0.1, -0.05) is 6.07 Å². The predicted octanol–water partition coefficient (Wildman–Crippen LogP) is 2.14. The Labute approximate surface area is 134 Å². The van der Waals surface area contributed by atoms with Crippen LogP contribution in [-0.4, -0.2) is 42.6 Å². The number of rotatable bonds is 3. The van der Waals surface area contributed by atoms with Gasteiger partial charge in [-0.2, -0.15) is 5.10 Å². The first-order chi connectivity index (χ1) is 11.2. The third-order valence-corrected chi connectivity index (χ3v) is 4.51. The zero-order valence-electron chi connectivity index (χ0n) is 13.1. The number of imidazole rings is 1. The van der Waals surface area contributed by atoms with Crippen molar-refractivity contribution in [3.05, 3.63) is 54.2 Å². The molecule has 6 nitrogen and oxygen atoms in total. The lowest BCUT2D eigenvalue weighted by molar-refractivity contribution is 0.0716. The van der Waals surface area contributed by atoms with E-state index in [-0.39, 0.29) is 11.9 Å². The fraction of sp³-hybridized carbons (Fsp3) is 0.353. The molecule has 0 aliphatic carbocycles. The third kappa shape index (κ3) is 2.50. The fourth-order valence-electron chi connectivity index (χ4n) is 3.32. The Balaban J connectivity index is 1.60. The van der Waals surface area contributed by atoms with Gasteiger partial charge in [-0.15, -0.1) is 0 Å². The lowest BCUT2D eigenvalue weighted by Crippen LogP contribution is -2.38. The van der Waals surface area contributed by atoms with Crippen molar-refractivity contribution in [2.24, 2.45) is 0 Å². The number of aromatic nitrogens is 4. The van der Waals surface area contributed by atoms with Gasteiger partial charge in [0.15, 0.2) is 0 Å². The van der Waals surface area contributed by atoms with Gasteiger partial charge < -0.3 is 9.30 Å². The van der Waals surface area contributed by atoms with Crippen LogP contribution < -0.4 is 0 Å². The van der Waals surface area contributed by atoms with Crippen LogP contribution in [0.15, 0.2) is 42.9 Å². The van der Waals surface area contributed by atoms with Gasteiger partial charge in [-0.25, -0.2) is 4.98 Å². The summed E-state index contributed by atoms with van der Waals surface area (Å²) in [5.74, 6) is 0.0164. The van der Waals surface area contributed by atoms with Crippen LogP contribution in [-0.2, 0) is 6.54 Å². The SMILES string of the molecule is Cc1cccc2nc(C(=O)N3CCC[C@@H]3Cn3cccn3)cn12. The van der Waals surface area contributed by atoms with Crippen LogP contribution in [0.1, 0.15) is 29.0 Å². The minimum absolute atomic E-state index is 0.0164. The van der Waals surface area contributed by atoms with Crippen molar-refractivity contribution in [1.29, 1.82) is 0 Å². The van der Waals surface area contributed by atoms with Gasteiger partial charge in [0.25, 0.3) is 5.91 Å². The molecule has 118 valence electrons. The molecule has 0 bridgehead atoms. The minimum atomic E-state index is 0.0164. The van der Waals surface area contributed by atoms with Crippen molar-refractivity contribution >= 4 is 11.6 Å². The Kier molecular flexibility index (Phi) is 3.37. The third-order valence-electron chi connectivity index (χ3n) is 4.51. The normalized spacial score (nSPS) is 18.0. The average Bonchev–Trinajstić information content (AvgIpc) is 3.27. The molecule has 0 saturated carbocycles. The van der Waals surface area contributed by atoms with Crippen LogP contribution in [0.4, 0.5) is 0 Å². The van der Waals surface area contributed by atoms with E-state index in [9.17, 15) is 4.79 Å². The van der Waals surface area contributed by atoms with Gasteiger partial charge in [0.05, 0.1) is 12.6 Å². The van der Waals surface area contributed by atoms with Gasteiger partial charge in [0.2, 0.25) is 0 Å². The number of hydrogen-bond acceptors (Lipinski definition) is 3. The Morgan fingerprint density at radius 2 is 2.26 bits per heavy atom. The van der Waals surface area contributed by atoms with Crippen molar-refractivity contribution in [2.45, 2.75) is 32.4 Å².